The predicted octanol–water partition coefficient (Wildman–Crippen LogP) is -0.0662. The summed E-state index contributed by atoms with van der Waals surface area (Å²) < 4.78 is 0. The molecule has 2 rings (SSSR count). The van der Waals surface area contributed by atoms with Gasteiger partial charge in [-0.2, -0.15) is 0 Å². The van der Waals surface area contributed by atoms with Crippen molar-refractivity contribution in [2.24, 2.45) is 0 Å². The van der Waals surface area contributed by atoms with Crippen LogP contribution in [-0.4, -0.2) is 42.1 Å². The highest BCUT2D eigenvalue weighted by atomic mass is 32.2. The van der Waals surface area contributed by atoms with E-state index in [9.17, 15) is 14.4 Å². The fourth-order valence-electron chi connectivity index (χ4n) is 2.29. The van der Waals surface area contributed by atoms with Crippen molar-refractivity contribution < 1.29 is 14.4 Å². The van der Waals surface area contributed by atoms with E-state index in [1.807, 2.05) is 30.3 Å². The summed E-state index contributed by atoms with van der Waals surface area (Å²) in [5, 5.41) is 11.3. The lowest BCUT2D eigenvalue weighted by atomic mass is 10.1. The minimum absolute atomic E-state index is 0.110. The minimum Gasteiger partial charge on any atom is -0.358 e. The van der Waals surface area contributed by atoms with Crippen LogP contribution in [0.25, 0.3) is 0 Å². The maximum absolute atomic E-state index is 12.1. The molecule has 1 aliphatic heterocycles. The minimum atomic E-state index is -0.365. The first-order valence-corrected chi connectivity index (χ1v) is 8.80. The molecule has 3 amide bonds. The van der Waals surface area contributed by atoms with E-state index >= 15 is 0 Å². The van der Waals surface area contributed by atoms with Crippen LogP contribution >= 0.6 is 11.8 Å². The largest absolute Gasteiger partial charge is 0.358 e. The lowest BCUT2D eigenvalue weighted by Crippen LogP contribution is -2.56. The van der Waals surface area contributed by atoms with Gasteiger partial charge in [-0.1, -0.05) is 30.3 Å². The molecule has 2 unspecified atom stereocenters. The van der Waals surface area contributed by atoms with Gasteiger partial charge in [0.1, 0.15) is 5.50 Å². The Morgan fingerprint density at radius 1 is 1.25 bits per heavy atom. The van der Waals surface area contributed by atoms with Crippen LogP contribution in [0.1, 0.15) is 18.4 Å². The quantitative estimate of drug-likeness (QED) is 0.552. The van der Waals surface area contributed by atoms with Gasteiger partial charge in [0.2, 0.25) is 17.7 Å². The van der Waals surface area contributed by atoms with Crippen LogP contribution < -0.4 is 21.3 Å². The summed E-state index contributed by atoms with van der Waals surface area (Å²) in [7, 11) is 1.57. The third kappa shape index (κ3) is 6.21. The number of benzene rings is 1. The van der Waals surface area contributed by atoms with Gasteiger partial charge in [0.05, 0.1) is 5.75 Å². The van der Waals surface area contributed by atoms with E-state index in [4.69, 9.17) is 0 Å². The first-order chi connectivity index (χ1) is 11.6. The van der Waals surface area contributed by atoms with Crippen LogP contribution in [-0.2, 0) is 20.9 Å². The number of nitrogens with one attached hydrogen (secondary N) is 4. The van der Waals surface area contributed by atoms with Crippen LogP contribution in [0.3, 0.4) is 0 Å². The Morgan fingerprint density at radius 2 is 2.00 bits per heavy atom. The van der Waals surface area contributed by atoms with E-state index in [1.54, 1.807) is 7.05 Å². The number of thioether (sulfide) groups is 1. The fraction of sp³-hybridized carbons (Fsp3) is 0.438. The van der Waals surface area contributed by atoms with Gasteiger partial charge in [0.15, 0.2) is 0 Å². The number of amides is 3. The highest BCUT2D eigenvalue weighted by molar-refractivity contribution is 8.00. The predicted molar refractivity (Wildman–Crippen MR) is 92.9 cm³/mol. The number of carbonyl (C=O) groups is 3. The average Bonchev–Trinajstić information content (AvgIpc) is 2.58. The zero-order valence-electron chi connectivity index (χ0n) is 13.5. The van der Waals surface area contributed by atoms with Crippen LogP contribution in [0.5, 0.6) is 0 Å². The molecule has 2 atom stereocenters. The maximum atomic E-state index is 12.1. The van der Waals surface area contributed by atoms with Crippen LogP contribution in [0.4, 0.5) is 0 Å². The molecule has 0 aromatic heterocycles. The SMILES string of the molecule is CNC(=O)CSC1NC(=O)CC(CC(=O)NCc2ccccc2)N1. The molecule has 24 heavy (non-hydrogen) atoms. The normalized spacial score (nSPS) is 20.1. The highest BCUT2D eigenvalue weighted by Crippen LogP contribution is 2.13. The van der Waals surface area contributed by atoms with Gasteiger partial charge in [-0.3, -0.25) is 19.7 Å². The second-order valence-corrected chi connectivity index (χ2v) is 6.56. The van der Waals surface area contributed by atoms with Crippen molar-refractivity contribution >= 4 is 29.5 Å². The summed E-state index contributed by atoms with van der Waals surface area (Å²) in [4.78, 5) is 35.1. The maximum Gasteiger partial charge on any atom is 0.229 e. The lowest BCUT2D eigenvalue weighted by Gasteiger charge is -2.30. The summed E-state index contributed by atoms with van der Waals surface area (Å²) in [6.45, 7) is 0.466. The Morgan fingerprint density at radius 3 is 2.71 bits per heavy atom. The van der Waals surface area contributed by atoms with Gasteiger partial charge in [-0.15, -0.1) is 11.8 Å². The smallest absolute Gasteiger partial charge is 0.229 e. The Balaban J connectivity index is 1.76. The summed E-state index contributed by atoms with van der Waals surface area (Å²) in [5.41, 5.74) is 0.662. The van der Waals surface area contributed by atoms with Gasteiger partial charge >= 0.3 is 0 Å². The van der Waals surface area contributed by atoms with Crippen LogP contribution in [0.2, 0.25) is 0 Å². The second kappa shape index (κ2) is 9.29. The van der Waals surface area contributed by atoms with Crippen molar-refractivity contribution in [1.82, 2.24) is 21.3 Å². The molecular formula is C16H22N4O3S. The summed E-state index contributed by atoms with van der Waals surface area (Å²) >= 11 is 1.29. The van der Waals surface area contributed by atoms with Crippen molar-refractivity contribution in [3.05, 3.63) is 35.9 Å². The standard InChI is InChI=1S/C16H22N4O3S/c1-17-15(23)10-24-16-19-12(8-14(22)20-16)7-13(21)18-9-11-5-3-2-4-6-11/h2-6,12,16,19H,7-10H2,1H3,(H,17,23)(H,18,21)(H,20,22). The molecule has 1 aromatic carbocycles. The van der Waals surface area contributed by atoms with E-state index < -0.39 is 0 Å². The van der Waals surface area contributed by atoms with Crippen molar-refractivity contribution in [1.29, 1.82) is 0 Å². The van der Waals surface area contributed by atoms with Gasteiger partial charge in [0.25, 0.3) is 0 Å². The molecule has 0 bridgehead atoms. The third-order valence-corrected chi connectivity index (χ3v) is 4.55. The number of carbonyl (C=O) groups excluding carboxylic acids is 3. The molecular weight excluding hydrogens is 328 g/mol. The molecule has 1 heterocycles. The van der Waals surface area contributed by atoms with Crippen molar-refractivity contribution in [2.75, 3.05) is 12.8 Å². The number of rotatable bonds is 7. The van der Waals surface area contributed by atoms with E-state index in [0.717, 1.165) is 5.56 Å². The average molecular weight is 350 g/mol. The van der Waals surface area contributed by atoms with Gasteiger partial charge < -0.3 is 16.0 Å². The Kier molecular flexibility index (Phi) is 7.07. The first-order valence-electron chi connectivity index (χ1n) is 7.75. The van der Waals surface area contributed by atoms with Crippen molar-refractivity contribution in [2.45, 2.75) is 30.9 Å². The molecule has 4 N–H and O–H groups in total. The van der Waals surface area contributed by atoms with Gasteiger partial charge in [-0.25, -0.2) is 0 Å². The third-order valence-electron chi connectivity index (χ3n) is 3.54. The number of hydrogen-bond acceptors (Lipinski definition) is 5. The zero-order valence-corrected chi connectivity index (χ0v) is 14.3. The van der Waals surface area contributed by atoms with E-state index in [-0.39, 0.29) is 47.9 Å². The Bertz CT molecular complexity index is 582. The highest BCUT2D eigenvalue weighted by Gasteiger charge is 2.27. The summed E-state index contributed by atoms with van der Waals surface area (Å²) in [6, 6.07) is 9.41. The van der Waals surface area contributed by atoms with Crippen molar-refractivity contribution in [3.63, 3.8) is 0 Å². The molecule has 0 radical (unpaired) electrons. The topological polar surface area (TPSA) is 99.3 Å². The van der Waals surface area contributed by atoms with Crippen molar-refractivity contribution in [3.8, 4) is 0 Å². The molecule has 1 aromatic rings. The van der Waals surface area contributed by atoms with Gasteiger partial charge in [-0.05, 0) is 5.56 Å². The molecule has 0 saturated carbocycles. The zero-order chi connectivity index (χ0) is 17.4. The molecule has 0 spiro atoms. The first kappa shape index (κ1) is 18.3. The van der Waals surface area contributed by atoms with E-state index in [0.29, 0.717) is 6.54 Å². The van der Waals surface area contributed by atoms with E-state index in [2.05, 4.69) is 21.3 Å². The molecule has 7 nitrogen and oxygen atoms in total. The number of hydrogen-bond donors (Lipinski definition) is 4. The summed E-state index contributed by atoms with van der Waals surface area (Å²) in [5.74, 6) is -0.106. The second-order valence-electron chi connectivity index (χ2n) is 5.47. The monoisotopic (exact) mass is 350 g/mol. The van der Waals surface area contributed by atoms with Gasteiger partial charge in [0, 0.05) is 32.5 Å². The molecule has 8 heteroatoms. The summed E-state index contributed by atoms with van der Waals surface area (Å²) in [6.07, 6.45) is 0.465. The lowest BCUT2D eigenvalue weighted by molar-refractivity contribution is -0.125. The molecule has 0 aliphatic carbocycles. The van der Waals surface area contributed by atoms with Crippen LogP contribution in [0, 0.1) is 0 Å². The molecule has 1 aliphatic rings. The van der Waals surface area contributed by atoms with E-state index in [1.165, 1.54) is 11.8 Å². The molecule has 130 valence electrons. The van der Waals surface area contributed by atoms with Crippen LogP contribution in [0.15, 0.2) is 30.3 Å². The Hall–Kier alpha value is -2.06. The fourth-order valence-corrected chi connectivity index (χ4v) is 3.25. The Labute approximate surface area is 145 Å². The molecule has 1 saturated heterocycles. The molecule has 1 fully saturated rings.